The second kappa shape index (κ2) is 7.06. The van der Waals surface area contributed by atoms with Crippen LogP contribution in [0.4, 0.5) is 0 Å². The first-order valence-electron chi connectivity index (χ1n) is 7.28. The summed E-state index contributed by atoms with van der Waals surface area (Å²) in [6.45, 7) is 2.84. The average molecular weight is 334 g/mol. The van der Waals surface area contributed by atoms with Gasteiger partial charge in [0.2, 0.25) is 0 Å². The van der Waals surface area contributed by atoms with E-state index in [9.17, 15) is 4.79 Å². The third-order valence-electron chi connectivity index (χ3n) is 3.61. The minimum atomic E-state index is -0.221. The summed E-state index contributed by atoms with van der Waals surface area (Å²) in [5, 5.41) is 0.742. The van der Waals surface area contributed by atoms with Gasteiger partial charge >= 0.3 is 0 Å². The molecule has 7 heteroatoms. The van der Waals surface area contributed by atoms with E-state index < -0.39 is 0 Å². The van der Waals surface area contributed by atoms with Gasteiger partial charge in [0, 0.05) is 18.7 Å². The van der Waals surface area contributed by atoms with Crippen molar-refractivity contribution in [2.24, 2.45) is 4.99 Å². The third kappa shape index (κ3) is 3.51. The lowest BCUT2D eigenvalue weighted by atomic mass is 10.1. The van der Waals surface area contributed by atoms with E-state index >= 15 is 0 Å². The van der Waals surface area contributed by atoms with Gasteiger partial charge in [-0.3, -0.25) is 4.79 Å². The zero-order valence-corrected chi connectivity index (χ0v) is 13.9. The number of thioether (sulfide) groups is 1. The molecule has 122 valence electrons. The molecule has 1 saturated heterocycles. The molecule has 1 amide bonds. The number of morpholine rings is 1. The summed E-state index contributed by atoms with van der Waals surface area (Å²) in [5.74, 6) is 1.18. The Morgan fingerprint density at radius 2 is 2.04 bits per heavy atom. The number of amidine groups is 1. The van der Waals surface area contributed by atoms with Gasteiger partial charge in [0.15, 0.2) is 5.17 Å². The van der Waals surface area contributed by atoms with Crippen LogP contribution < -0.4 is 9.47 Å². The number of methoxy groups -OCH3 is 2. The summed E-state index contributed by atoms with van der Waals surface area (Å²) in [7, 11) is 3.21. The molecule has 0 N–H and O–H groups in total. The molecule has 2 aliphatic heterocycles. The van der Waals surface area contributed by atoms with Crippen molar-refractivity contribution < 1.29 is 19.0 Å². The number of carbonyl (C=O) groups excluding carboxylic acids is 1. The fraction of sp³-hybridized carbons (Fsp3) is 0.375. The number of nitrogens with zero attached hydrogens (tertiary/aromatic N) is 2. The van der Waals surface area contributed by atoms with Crippen molar-refractivity contribution in [3.05, 3.63) is 28.7 Å². The highest BCUT2D eigenvalue weighted by Gasteiger charge is 2.27. The van der Waals surface area contributed by atoms with Crippen LogP contribution in [0.3, 0.4) is 0 Å². The van der Waals surface area contributed by atoms with Crippen LogP contribution in [-0.4, -0.2) is 56.5 Å². The number of rotatable bonds is 3. The monoisotopic (exact) mass is 334 g/mol. The number of hydrogen-bond donors (Lipinski definition) is 0. The molecule has 0 spiro atoms. The van der Waals surface area contributed by atoms with Gasteiger partial charge in [0.1, 0.15) is 11.5 Å². The van der Waals surface area contributed by atoms with Gasteiger partial charge in [-0.25, -0.2) is 0 Å². The van der Waals surface area contributed by atoms with Crippen molar-refractivity contribution in [1.82, 2.24) is 4.90 Å². The minimum Gasteiger partial charge on any atom is -0.497 e. The molecular formula is C16H18N2O4S. The summed E-state index contributed by atoms with van der Waals surface area (Å²) in [6, 6.07) is 5.48. The molecule has 0 saturated carbocycles. The largest absolute Gasteiger partial charge is 0.497 e. The van der Waals surface area contributed by atoms with Gasteiger partial charge in [0.25, 0.3) is 5.91 Å². The predicted octanol–water partition coefficient (Wildman–Crippen LogP) is 2.01. The molecule has 0 atom stereocenters. The Morgan fingerprint density at radius 3 is 2.74 bits per heavy atom. The quantitative estimate of drug-likeness (QED) is 0.788. The lowest BCUT2D eigenvalue weighted by Crippen LogP contribution is -2.38. The van der Waals surface area contributed by atoms with E-state index in [2.05, 4.69) is 9.89 Å². The molecule has 6 nitrogen and oxygen atoms in total. The normalized spacial score (nSPS) is 19.9. The van der Waals surface area contributed by atoms with E-state index in [1.165, 1.54) is 11.8 Å². The second-order valence-corrected chi connectivity index (χ2v) is 6.03. The third-order valence-corrected chi connectivity index (χ3v) is 4.66. The highest BCUT2D eigenvalue weighted by atomic mass is 32.2. The average Bonchev–Trinajstić information content (AvgIpc) is 2.96. The van der Waals surface area contributed by atoms with Crippen LogP contribution in [0.5, 0.6) is 11.5 Å². The van der Waals surface area contributed by atoms with Crippen LogP contribution >= 0.6 is 11.8 Å². The first-order chi connectivity index (χ1) is 11.2. The Morgan fingerprint density at radius 1 is 1.26 bits per heavy atom. The van der Waals surface area contributed by atoms with Crippen molar-refractivity contribution >= 4 is 28.9 Å². The summed E-state index contributed by atoms with van der Waals surface area (Å²) in [6.07, 6.45) is 1.80. The van der Waals surface area contributed by atoms with Gasteiger partial charge in [0.05, 0.1) is 32.3 Å². The highest BCUT2D eigenvalue weighted by molar-refractivity contribution is 8.18. The number of aliphatic imine (C=N–C) groups is 1. The Balaban J connectivity index is 1.82. The van der Waals surface area contributed by atoms with Gasteiger partial charge in [-0.15, -0.1) is 0 Å². The molecule has 23 heavy (non-hydrogen) atoms. The molecule has 1 aromatic rings. The van der Waals surface area contributed by atoms with E-state index in [1.807, 2.05) is 18.2 Å². The summed E-state index contributed by atoms with van der Waals surface area (Å²) in [4.78, 5) is 19.0. The summed E-state index contributed by atoms with van der Waals surface area (Å²) in [5.41, 5.74) is 0.793. The summed E-state index contributed by atoms with van der Waals surface area (Å²) >= 11 is 1.39. The second-order valence-electron chi connectivity index (χ2n) is 5.02. The zero-order chi connectivity index (χ0) is 16.2. The van der Waals surface area contributed by atoms with E-state index in [0.29, 0.717) is 29.6 Å². The van der Waals surface area contributed by atoms with Gasteiger partial charge in [-0.1, -0.05) is 0 Å². The van der Waals surface area contributed by atoms with Crippen molar-refractivity contribution in [1.29, 1.82) is 0 Å². The molecule has 2 heterocycles. The molecule has 0 aromatic heterocycles. The van der Waals surface area contributed by atoms with Crippen LogP contribution in [0.25, 0.3) is 6.08 Å². The van der Waals surface area contributed by atoms with Crippen LogP contribution in [0, 0.1) is 0 Å². The number of amides is 1. The predicted molar refractivity (Wildman–Crippen MR) is 89.9 cm³/mol. The Bertz CT molecular complexity index is 666. The SMILES string of the molecule is COc1ccc(OC)c(C=C2SC(N3CCOCC3)=NC2=O)c1. The molecule has 0 aliphatic carbocycles. The molecule has 0 bridgehead atoms. The van der Waals surface area contributed by atoms with Crippen molar-refractivity contribution in [2.75, 3.05) is 40.5 Å². The fourth-order valence-electron chi connectivity index (χ4n) is 2.38. The Kier molecular flexibility index (Phi) is 4.88. The summed E-state index contributed by atoms with van der Waals surface area (Å²) < 4.78 is 15.9. The maximum Gasteiger partial charge on any atom is 0.286 e. The van der Waals surface area contributed by atoms with E-state index in [1.54, 1.807) is 20.3 Å². The van der Waals surface area contributed by atoms with E-state index in [0.717, 1.165) is 23.8 Å². The fourth-order valence-corrected chi connectivity index (χ4v) is 3.34. The lowest BCUT2D eigenvalue weighted by Gasteiger charge is -2.27. The molecule has 0 unspecified atom stereocenters. The standard InChI is InChI=1S/C16H18N2O4S/c1-20-12-3-4-13(21-2)11(9-12)10-14-15(19)17-16(23-14)18-5-7-22-8-6-18/h3-4,9-10H,5-8H2,1-2H3. The van der Waals surface area contributed by atoms with Crippen molar-refractivity contribution in [2.45, 2.75) is 0 Å². The lowest BCUT2D eigenvalue weighted by molar-refractivity contribution is -0.113. The number of benzene rings is 1. The van der Waals surface area contributed by atoms with Crippen LogP contribution in [0.1, 0.15) is 5.56 Å². The van der Waals surface area contributed by atoms with Crippen molar-refractivity contribution in [3.8, 4) is 11.5 Å². The molecule has 1 fully saturated rings. The highest BCUT2D eigenvalue weighted by Crippen LogP contribution is 2.33. The molecule has 0 radical (unpaired) electrons. The maximum atomic E-state index is 12.2. The zero-order valence-electron chi connectivity index (χ0n) is 13.1. The maximum absolute atomic E-state index is 12.2. The number of hydrogen-bond acceptors (Lipinski definition) is 6. The van der Waals surface area contributed by atoms with Crippen LogP contribution in [0.15, 0.2) is 28.1 Å². The molecule has 1 aromatic carbocycles. The number of carbonyl (C=O) groups is 1. The van der Waals surface area contributed by atoms with Gasteiger partial charge < -0.3 is 19.1 Å². The van der Waals surface area contributed by atoms with E-state index in [-0.39, 0.29) is 5.91 Å². The Hall–Kier alpha value is -1.99. The number of ether oxygens (including phenoxy) is 3. The van der Waals surface area contributed by atoms with Gasteiger partial charge in [-0.05, 0) is 36.0 Å². The first-order valence-corrected chi connectivity index (χ1v) is 8.10. The minimum absolute atomic E-state index is 0.221. The topological polar surface area (TPSA) is 60.4 Å². The smallest absolute Gasteiger partial charge is 0.286 e. The first kappa shape index (κ1) is 15.9. The molecular weight excluding hydrogens is 316 g/mol. The van der Waals surface area contributed by atoms with Gasteiger partial charge in [-0.2, -0.15) is 4.99 Å². The van der Waals surface area contributed by atoms with Crippen molar-refractivity contribution in [3.63, 3.8) is 0 Å². The molecule has 2 aliphatic rings. The van der Waals surface area contributed by atoms with Crippen LogP contribution in [0.2, 0.25) is 0 Å². The van der Waals surface area contributed by atoms with E-state index in [4.69, 9.17) is 14.2 Å². The molecule has 3 rings (SSSR count). The van der Waals surface area contributed by atoms with Crippen LogP contribution in [-0.2, 0) is 9.53 Å². The Labute approximate surface area is 139 Å².